The highest BCUT2D eigenvalue weighted by Gasteiger charge is 2.19. The smallest absolute Gasteiger partial charge is 0.329 e. The van der Waals surface area contributed by atoms with E-state index in [1.807, 2.05) is 0 Å². The Labute approximate surface area is 198 Å². The van der Waals surface area contributed by atoms with Crippen LogP contribution in [0, 0.1) is 0 Å². The van der Waals surface area contributed by atoms with Crippen LogP contribution >= 0.6 is 15.9 Å². The molecule has 0 spiro atoms. The molecule has 0 saturated carbocycles. The third kappa shape index (κ3) is 7.05. The van der Waals surface area contributed by atoms with Gasteiger partial charge in [-0.15, -0.1) is 0 Å². The minimum Gasteiger partial charge on any atom is -0.493 e. The predicted molar refractivity (Wildman–Crippen MR) is 120 cm³/mol. The molecule has 0 radical (unpaired) electrons. The molecule has 1 aliphatic rings. The molecule has 1 fully saturated rings. The van der Waals surface area contributed by atoms with E-state index < -0.39 is 11.8 Å². The molecule has 2 heterocycles. The second-order valence-electron chi connectivity index (χ2n) is 6.78. The molecule has 1 aromatic heterocycles. The van der Waals surface area contributed by atoms with Gasteiger partial charge >= 0.3 is 11.8 Å². The zero-order valence-corrected chi connectivity index (χ0v) is 19.4. The average molecular weight is 523 g/mol. The number of carbonyl (C=O) groups excluding carboxylic acids is 3. The van der Waals surface area contributed by atoms with Crippen LogP contribution in [0.15, 0.2) is 44.5 Å². The first-order valence-corrected chi connectivity index (χ1v) is 10.8. The quantitative estimate of drug-likeness (QED) is 0.301. The summed E-state index contributed by atoms with van der Waals surface area (Å²) < 4.78 is 21.9. The molecule has 1 aromatic carbocycles. The van der Waals surface area contributed by atoms with Gasteiger partial charge in [-0.2, -0.15) is 5.10 Å². The summed E-state index contributed by atoms with van der Waals surface area (Å²) in [5.74, 6) is -0.682. The second kappa shape index (κ2) is 12.0. The normalized spacial score (nSPS) is 13.6. The van der Waals surface area contributed by atoms with Crippen LogP contribution in [0.4, 0.5) is 0 Å². The van der Waals surface area contributed by atoms with E-state index in [-0.39, 0.29) is 19.1 Å². The number of carbonyl (C=O) groups is 3. The van der Waals surface area contributed by atoms with Crippen LogP contribution in [0.5, 0.6) is 11.5 Å². The Bertz CT molecular complexity index is 1000. The molecule has 0 unspecified atom stereocenters. The maximum absolute atomic E-state index is 12.3. The van der Waals surface area contributed by atoms with Crippen molar-refractivity contribution < 1.29 is 33.0 Å². The third-order valence-corrected chi connectivity index (χ3v) is 5.13. The second-order valence-corrected chi connectivity index (χ2v) is 7.63. The van der Waals surface area contributed by atoms with Crippen LogP contribution in [0.1, 0.15) is 11.3 Å². The van der Waals surface area contributed by atoms with Gasteiger partial charge in [0.2, 0.25) is 0 Å². The number of furan rings is 1. The number of nitrogens with one attached hydrogen (secondary N) is 2. The highest BCUT2D eigenvalue weighted by Crippen LogP contribution is 2.36. The lowest BCUT2D eigenvalue weighted by Gasteiger charge is -2.26. The van der Waals surface area contributed by atoms with Gasteiger partial charge in [0.1, 0.15) is 5.76 Å². The molecule has 0 bridgehead atoms. The molecular weight excluding hydrogens is 500 g/mol. The summed E-state index contributed by atoms with van der Waals surface area (Å²) in [5, 5.41) is 6.21. The molecule has 11 nitrogen and oxygen atoms in total. The van der Waals surface area contributed by atoms with Crippen LogP contribution in [-0.4, -0.2) is 68.9 Å². The van der Waals surface area contributed by atoms with E-state index in [9.17, 15) is 14.4 Å². The molecule has 0 atom stereocenters. The Balaban J connectivity index is 1.54. The van der Waals surface area contributed by atoms with E-state index in [4.69, 9.17) is 18.6 Å². The highest BCUT2D eigenvalue weighted by atomic mass is 79.9. The Hall–Kier alpha value is -3.38. The topological polar surface area (TPSA) is 132 Å². The number of hydrogen-bond donors (Lipinski definition) is 2. The maximum Gasteiger partial charge on any atom is 0.329 e. The van der Waals surface area contributed by atoms with Gasteiger partial charge in [0.15, 0.2) is 18.1 Å². The number of nitrogens with zero attached hydrogens (tertiary/aromatic N) is 2. The van der Waals surface area contributed by atoms with E-state index in [1.54, 1.807) is 29.2 Å². The molecule has 176 valence electrons. The number of morpholine rings is 1. The van der Waals surface area contributed by atoms with Gasteiger partial charge in [0.25, 0.3) is 5.91 Å². The van der Waals surface area contributed by atoms with Gasteiger partial charge in [-0.3, -0.25) is 14.4 Å². The molecule has 12 heteroatoms. The lowest BCUT2D eigenvalue weighted by Crippen LogP contribution is -2.43. The van der Waals surface area contributed by atoms with E-state index in [0.29, 0.717) is 53.6 Å². The highest BCUT2D eigenvalue weighted by molar-refractivity contribution is 9.10. The van der Waals surface area contributed by atoms with Crippen molar-refractivity contribution in [2.24, 2.45) is 5.10 Å². The summed E-state index contributed by atoms with van der Waals surface area (Å²) in [6, 6.07) is 6.64. The van der Waals surface area contributed by atoms with Crippen molar-refractivity contribution >= 4 is 39.9 Å². The predicted octanol–water partition coefficient (Wildman–Crippen LogP) is 1.05. The van der Waals surface area contributed by atoms with E-state index in [0.717, 1.165) is 0 Å². The van der Waals surface area contributed by atoms with Gasteiger partial charge in [-0.05, 0) is 45.8 Å². The third-order valence-electron chi connectivity index (χ3n) is 4.54. The number of amides is 3. The summed E-state index contributed by atoms with van der Waals surface area (Å²) in [7, 11) is 1.46. The zero-order valence-electron chi connectivity index (χ0n) is 17.8. The van der Waals surface area contributed by atoms with E-state index in [2.05, 4.69) is 31.8 Å². The molecule has 1 saturated heterocycles. The van der Waals surface area contributed by atoms with Crippen molar-refractivity contribution in [2.45, 2.75) is 6.54 Å². The summed E-state index contributed by atoms with van der Waals surface area (Å²) >= 11 is 3.40. The minimum absolute atomic E-state index is 0.0859. The molecule has 0 aliphatic carbocycles. The van der Waals surface area contributed by atoms with E-state index >= 15 is 0 Å². The van der Waals surface area contributed by atoms with Crippen molar-refractivity contribution in [1.29, 1.82) is 0 Å². The fourth-order valence-electron chi connectivity index (χ4n) is 2.87. The van der Waals surface area contributed by atoms with Crippen LogP contribution in [0.2, 0.25) is 0 Å². The molecule has 3 amide bonds. The molecular formula is C21H23BrN4O7. The van der Waals surface area contributed by atoms with Gasteiger partial charge in [0.05, 0.1) is 43.8 Å². The number of hydrogen-bond acceptors (Lipinski definition) is 8. The number of halogens is 1. The number of ether oxygens (including phenoxy) is 3. The van der Waals surface area contributed by atoms with Crippen LogP contribution in [0.3, 0.4) is 0 Å². The number of benzene rings is 1. The average Bonchev–Trinajstić information content (AvgIpc) is 3.35. The first-order chi connectivity index (χ1) is 16.0. The first-order valence-electron chi connectivity index (χ1n) is 9.97. The SMILES string of the molecule is COc1cc(/C=N\NC(=O)C(=O)NCc2ccco2)cc(Br)c1OCC(=O)N1CCOCC1. The van der Waals surface area contributed by atoms with Crippen molar-refractivity contribution in [3.63, 3.8) is 0 Å². The molecule has 2 N–H and O–H groups in total. The summed E-state index contributed by atoms with van der Waals surface area (Å²) in [5.41, 5.74) is 2.71. The summed E-state index contributed by atoms with van der Waals surface area (Å²) in [6.45, 7) is 2.02. The minimum atomic E-state index is -0.926. The Morgan fingerprint density at radius 1 is 1.24 bits per heavy atom. The zero-order chi connectivity index (χ0) is 23.6. The number of hydrazone groups is 1. The molecule has 2 aromatic rings. The standard InChI is InChI=1S/C21H23BrN4O7/c1-30-17-10-14(11-24-25-21(29)20(28)23-12-15-3-2-6-32-15)9-16(22)19(17)33-13-18(27)26-4-7-31-8-5-26/h2-3,6,9-11H,4-5,7-8,12-13H2,1H3,(H,23,28)(H,25,29)/b24-11-. The van der Waals surface area contributed by atoms with E-state index in [1.165, 1.54) is 19.6 Å². The first kappa shape index (κ1) is 24.3. The fourth-order valence-corrected chi connectivity index (χ4v) is 3.44. The Morgan fingerprint density at radius 2 is 2.03 bits per heavy atom. The van der Waals surface area contributed by atoms with Crippen LogP contribution < -0.4 is 20.2 Å². The van der Waals surface area contributed by atoms with Crippen molar-refractivity contribution in [1.82, 2.24) is 15.6 Å². The lowest BCUT2D eigenvalue weighted by atomic mass is 10.2. The van der Waals surface area contributed by atoms with Crippen LogP contribution in [-0.2, 0) is 25.7 Å². The fraction of sp³-hybridized carbons (Fsp3) is 0.333. The molecule has 33 heavy (non-hydrogen) atoms. The monoisotopic (exact) mass is 522 g/mol. The molecule has 3 rings (SSSR count). The Morgan fingerprint density at radius 3 is 2.73 bits per heavy atom. The maximum atomic E-state index is 12.3. The van der Waals surface area contributed by atoms with Gasteiger partial charge in [0, 0.05) is 13.1 Å². The number of rotatable bonds is 8. The Kier molecular flexibility index (Phi) is 8.84. The largest absolute Gasteiger partial charge is 0.493 e. The van der Waals surface area contributed by atoms with Gasteiger partial charge in [-0.1, -0.05) is 0 Å². The van der Waals surface area contributed by atoms with Crippen LogP contribution in [0.25, 0.3) is 0 Å². The summed E-state index contributed by atoms with van der Waals surface area (Å²) in [4.78, 5) is 37.6. The van der Waals surface area contributed by atoms with Gasteiger partial charge in [-0.25, -0.2) is 5.43 Å². The van der Waals surface area contributed by atoms with Crippen molar-refractivity contribution in [3.8, 4) is 11.5 Å². The van der Waals surface area contributed by atoms with Gasteiger partial charge < -0.3 is 28.8 Å². The summed E-state index contributed by atoms with van der Waals surface area (Å²) in [6.07, 6.45) is 2.81. The van der Waals surface area contributed by atoms with Crippen molar-refractivity contribution in [2.75, 3.05) is 40.0 Å². The number of methoxy groups -OCH3 is 1. The van der Waals surface area contributed by atoms with Crippen molar-refractivity contribution in [3.05, 3.63) is 46.3 Å². The molecule has 1 aliphatic heterocycles. The lowest BCUT2D eigenvalue weighted by molar-refractivity contribution is -0.139.